The Morgan fingerprint density at radius 2 is 2.06 bits per heavy atom. The SMILES string of the molecule is COC(=O)c1cccc2c(C(C)(C)C)nnn12. The molecule has 0 fully saturated rings. The van der Waals surface area contributed by atoms with Crippen LogP contribution in [0.15, 0.2) is 18.2 Å². The van der Waals surface area contributed by atoms with E-state index in [1.807, 2.05) is 6.07 Å². The Morgan fingerprint density at radius 3 is 2.65 bits per heavy atom. The van der Waals surface area contributed by atoms with Crippen LogP contribution in [0.3, 0.4) is 0 Å². The van der Waals surface area contributed by atoms with Crippen molar-refractivity contribution in [1.82, 2.24) is 14.8 Å². The fraction of sp³-hybridized carbons (Fsp3) is 0.417. The zero-order valence-corrected chi connectivity index (χ0v) is 10.4. The first-order valence-corrected chi connectivity index (χ1v) is 5.38. The third-order valence-electron chi connectivity index (χ3n) is 2.55. The molecular weight excluding hydrogens is 218 g/mol. The number of ether oxygens (including phenoxy) is 1. The summed E-state index contributed by atoms with van der Waals surface area (Å²) >= 11 is 0. The van der Waals surface area contributed by atoms with Crippen molar-refractivity contribution in [2.24, 2.45) is 0 Å². The number of rotatable bonds is 1. The van der Waals surface area contributed by atoms with Crippen LogP contribution < -0.4 is 0 Å². The molecule has 0 unspecified atom stereocenters. The smallest absolute Gasteiger partial charge is 0.356 e. The van der Waals surface area contributed by atoms with E-state index in [4.69, 9.17) is 4.74 Å². The standard InChI is InChI=1S/C12H15N3O2/c1-12(2,3)10-8-6-5-7-9(11(16)17-4)15(8)14-13-10/h5-7H,1-4H3. The number of nitrogens with zero attached hydrogens (tertiary/aromatic N) is 3. The number of carbonyl (C=O) groups excluding carboxylic acids is 1. The van der Waals surface area contributed by atoms with Crippen molar-refractivity contribution in [3.05, 3.63) is 29.6 Å². The van der Waals surface area contributed by atoms with Gasteiger partial charge >= 0.3 is 5.97 Å². The Labute approximate surface area is 99.4 Å². The topological polar surface area (TPSA) is 56.5 Å². The highest BCUT2D eigenvalue weighted by molar-refractivity contribution is 5.88. The molecule has 2 aromatic heterocycles. The fourth-order valence-corrected chi connectivity index (χ4v) is 1.71. The third-order valence-corrected chi connectivity index (χ3v) is 2.55. The van der Waals surface area contributed by atoms with E-state index in [-0.39, 0.29) is 5.41 Å². The molecule has 17 heavy (non-hydrogen) atoms. The summed E-state index contributed by atoms with van der Waals surface area (Å²) in [5.41, 5.74) is 1.97. The summed E-state index contributed by atoms with van der Waals surface area (Å²) in [6, 6.07) is 5.37. The predicted octanol–water partition coefficient (Wildman–Crippen LogP) is 1.81. The molecule has 2 rings (SSSR count). The molecule has 0 spiro atoms. The molecular formula is C12H15N3O2. The van der Waals surface area contributed by atoms with Crippen molar-refractivity contribution in [3.63, 3.8) is 0 Å². The minimum absolute atomic E-state index is 0.115. The van der Waals surface area contributed by atoms with E-state index in [2.05, 4.69) is 31.1 Å². The molecule has 5 nitrogen and oxygen atoms in total. The maximum atomic E-state index is 11.6. The third kappa shape index (κ3) is 1.88. The predicted molar refractivity (Wildman–Crippen MR) is 63.0 cm³/mol. The molecule has 2 aromatic rings. The van der Waals surface area contributed by atoms with Crippen molar-refractivity contribution in [2.75, 3.05) is 7.11 Å². The van der Waals surface area contributed by atoms with Crippen LogP contribution in [0.1, 0.15) is 37.0 Å². The van der Waals surface area contributed by atoms with Gasteiger partial charge in [0.15, 0.2) is 5.69 Å². The van der Waals surface area contributed by atoms with Gasteiger partial charge in [-0.1, -0.05) is 32.1 Å². The highest BCUT2D eigenvalue weighted by Crippen LogP contribution is 2.24. The molecule has 0 aliphatic rings. The molecule has 0 atom stereocenters. The Balaban J connectivity index is 2.69. The van der Waals surface area contributed by atoms with Crippen LogP contribution in [-0.2, 0) is 10.2 Å². The van der Waals surface area contributed by atoms with Gasteiger partial charge in [-0.15, -0.1) is 5.10 Å². The van der Waals surface area contributed by atoms with Gasteiger partial charge < -0.3 is 4.74 Å². The van der Waals surface area contributed by atoms with E-state index >= 15 is 0 Å². The zero-order chi connectivity index (χ0) is 12.6. The van der Waals surface area contributed by atoms with Crippen LogP contribution in [0.4, 0.5) is 0 Å². The van der Waals surface area contributed by atoms with Crippen LogP contribution in [0.2, 0.25) is 0 Å². The lowest BCUT2D eigenvalue weighted by molar-refractivity contribution is 0.0590. The second-order valence-corrected chi connectivity index (χ2v) is 4.89. The molecule has 0 amide bonds. The van der Waals surface area contributed by atoms with E-state index in [9.17, 15) is 4.79 Å². The first-order chi connectivity index (χ1) is 7.95. The lowest BCUT2D eigenvalue weighted by Gasteiger charge is -2.14. The molecule has 0 radical (unpaired) electrons. The Hall–Kier alpha value is -1.91. The summed E-state index contributed by atoms with van der Waals surface area (Å²) < 4.78 is 6.23. The van der Waals surface area contributed by atoms with Crippen LogP contribution in [0.25, 0.3) is 5.52 Å². The minimum atomic E-state index is -0.416. The highest BCUT2D eigenvalue weighted by Gasteiger charge is 2.23. The molecule has 90 valence electrons. The first-order valence-electron chi connectivity index (χ1n) is 5.38. The first kappa shape index (κ1) is 11.6. The number of methoxy groups -OCH3 is 1. The Kier molecular flexibility index (Phi) is 2.61. The maximum absolute atomic E-state index is 11.6. The number of pyridine rings is 1. The molecule has 0 saturated carbocycles. The van der Waals surface area contributed by atoms with Gasteiger partial charge in [0.2, 0.25) is 0 Å². The van der Waals surface area contributed by atoms with Crippen molar-refractivity contribution in [1.29, 1.82) is 0 Å². The zero-order valence-electron chi connectivity index (χ0n) is 10.4. The molecule has 0 aromatic carbocycles. The maximum Gasteiger partial charge on any atom is 0.356 e. The van der Waals surface area contributed by atoms with Gasteiger partial charge in [-0.3, -0.25) is 0 Å². The summed E-state index contributed by atoms with van der Waals surface area (Å²) in [4.78, 5) is 11.6. The van der Waals surface area contributed by atoms with Crippen LogP contribution in [0.5, 0.6) is 0 Å². The van der Waals surface area contributed by atoms with Crippen molar-refractivity contribution >= 4 is 11.5 Å². The molecule has 0 aliphatic carbocycles. The molecule has 0 saturated heterocycles. The minimum Gasteiger partial charge on any atom is -0.464 e. The van der Waals surface area contributed by atoms with Gasteiger partial charge in [0.1, 0.15) is 0 Å². The van der Waals surface area contributed by atoms with E-state index in [1.165, 1.54) is 11.6 Å². The average Bonchev–Trinajstić information content (AvgIpc) is 2.70. The van der Waals surface area contributed by atoms with Crippen LogP contribution in [0, 0.1) is 0 Å². The fourth-order valence-electron chi connectivity index (χ4n) is 1.71. The van der Waals surface area contributed by atoms with Crippen molar-refractivity contribution in [2.45, 2.75) is 26.2 Å². The van der Waals surface area contributed by atoms with Gasteiger partial charge in [0, 0.05) is 5.41 Å². The number of fused-ring (bicyclic) bond motifs is 1. The lowest BCUT2D eigenvalue weighted by atomic mass is 9.91. The van der Waals surface area contributed by atoms with Gasteiger partial charge in [0.25, 0.3) is 0 Å². The molecule has 0 aliphatic heterocycles. The van der Waals surface area contributed by atoms with Crippen LogP contribution in [-0.4, -0.2) is 27.9 Å². The van der Waals surface area contributed by atoms with Crippen molar-refractivity contribution < 1.29 is 9.53 Å². The van der Waals surface area contributed by atoms with Gasteiger partial charge in [-0.2, -0.15) is 0 Å². The normalized spacial score (nSPS) is 11.8. The lowest BCUT2D eigenvalue weighted by Crippen LogP contribution is -2.13. The number of hydrogen-bond acceptors (Lipinski definition) is 4. The summed E-state index contributed by atoms with van der Waals surface area (Å²) in [6.07, 6.45) is 0. The van der Waals surface area contributed by atoms with E-state index < -0.39 is 5.97 Å². The van der Waals surface area contributed by atoms with Gasteiger partial charge in [0.05, 0.1) is 18.3 Å². The molecule has 0 N–H and O–H groups in total. The number of carbonyl (C=O) groups is 1. The van der Waals surface area contributed by atoms with Crippen molar-refractivity contribution in [3.8, 4) is 0 Å². The Bertz CT molecular complexity index is 567. The van der Waals surface area contributed by atoms with Gasteiger partial charge in [-0.25, -0.2) is 9.31 Å². The Morgan fingerprint density at radius 1 is 1.35 bits per heavy atom. The van der Waals surface area contributed by atoms with E-state index in [0.29, 0.717) is 5.69 Å². The summed E-state index contributed by atoms with van der Waals surface area (Å²) in [7, 11) is 1.35. The monoisotopic (exact) mass is 233 g/mol. The summed E-state index contributed by atoms with van der Waals surface area (Å²) in [6.45, 7) is 6.17. The second-order valence-electron chi connectivity index (χ2n) is 4.89. The van der Waals surface area contributed by atoms with E-state index in [1.54, 1.807) is 12.1 Å². The number of aromatic nitrogens is 3. The number of hydrogen-bond donors (Lipinski definition) is 0. The highest BCUT2D eigenvalue weighted by atomic mass is 16.5. The quantitative estimate of drug-likeness (QED) is 0.705. The second kappa shape index (κ2) is 3.84. The summed E-state index contributed by atoms with van der Waals surface area (Å²) in [5.74, 6) is -0.416. The molecule has 5 heteroatoms. The molecule has 2 heterocycles. The largest absolute Gasteiger partial charge is 0.464 e. The molecule has 0 bridgehead atoms. The van der Waals surface area contributed by atoms with E-state index in [0.717, 1.165) is 11.2 Å². The van der Waals surface area contributed by atoms with Gasteiger partial charge in [-0.05, 0) is 12.1 Å². The summed E-state index contributed by atoms with van der Waals surface area (Å²) in [5, 5.41) is 8.17. The van der Waals surface area contributed by atoms with Crippen LogP contribution >= 0.6 is 0 Å². The number of esters is 1. The average molecular weight is 233 g/mol.